The number of carboxylic acid groups (broad SMARTS) is 1. The summed E-state index contributed by atoms with van der Waals surface area (Å²) in [6.45, 7) is 1.63. The first kappa shape index (κ1) is 17.9. The highest BCUT2D eigenvalue weighted by Crippen LogP contribution is 2.29. The van der Waals surface area contributed by atoms with E-state index in [0.29, 0.717) is 5.75 Å². The van der Waals surface area contributed by atoms with Gasteiger partial charge in [0.2, 0.25) is 0 Å². The van der Waals surface area contributed by atoms with Crippen LogP contribution >= 0.6 is 0 Å². The van der Waals surface area contributed by atoms with Gasteiger partial charge in [0.05, 0.1) is 12.2 Å². The first-order chi connectivity index (χ1) is 12.5. The van der Waals surface area contributed by atoms with Crippen molar-refractivity contribution in [2.24, 2.45) is 0 Å². The molecule has 3 rings (SSSR count). The quantitative estimate of drug-likeness (QED) is 0.634. The zero-order chi connectivity index (χ0) is 18.7. The lowest BCUT2D eigenvalue weighted by atomic mass is 9.98. The molecule has 134 valence electrons. The van der Waals surface area contributed by atoms with Crippen molar-refractivity contribution in [3.05, 3.63) is 65.7 Å². The fourth-order valence-corrected chi connectivity index (χ4v) is 2.79. The van der Waals surface area contributed by atoms with Gasteiger partial charge < -0.3 is 20.1 Å². The molecule has 0 radical (unpaired) electrons. The highest BCUT2D eigenvalue weighted by atomic mass is 16.5. The minimum atomic E-state index is -0.937. The van der Waals surface area contributed by atoms with Crippen molar-refractivity contribution in [2.45, 2.75) is 13.0 Å². The molecule has 0 bridgehead atoms. The molecule has 1 atom stereocenters. The Balaban J connectivity index is 1.87. The Bertz CT molecular complexity index is 948. The average Bonchev–Trinajstić information content (AvgIpc) is 2.65. The number of benzene rings is 3. The number of aliphatic hydroxyl groups is 2. The summed E-state index contributed by atoms with van der Waals surface area (Å²) in [7, 11) is 0. The second kappa shape index (κ2) is 7.56. The van der Waals surface area contributed by atoms with Crippen molar-refractivity contribution in [1.29, 1.82) is 0 Å². The molecular weight excluding hydrogens is 332 g/mol. The SMILES string of the molecule is Cc1cc(-c2ccc3cc(C(=O)O)ccc3c2)ccc1OCC(O)CO. The smallest absolute Gasteiger partial charge is 0.335 e. The van der Waals surface area contributed by atoms with E-state index >= 15 is 0 Å². The minimum Gasteiger partial charge on any atom is -0.491 e. The van der Waals surface area contributed by atoms with Gasteiger partial charge in [-0.1, -0.05) is 24.3 Å². The largest absolute Gasteiger partial charge is 0.491 e. The molecule has 0 heterocycles. The van der Waals surface area contributed by atoms with Crippen LogP contribution in [0.5, 0.6) is 5.75 Å². The Hall–Kier alpha value is -2.89. The Morgan fingerprint density at radius 2 is 1.65 bits per heavy atom. The van der Waals surface area contributed by atoms with Crippen LogP contribution < -0.4 is 4.74 Å². The van der Waals surface area contributed by atoms with Gasteiger partial charge in [0.25, 0.3) is 0 Å². The number of carbonyl (C=O) groups is 1. The van der Waals surface area contributed by atoms with Gasteiger partial charge in [0.15, 0.2) is 0 Å². The summed E-state index contributed by atoms with van der Waals surface area (Å²) in [4.78, 5) is 11.1. The van der Waals surface area contributed by atoms with Crippen molar-refractivity contribution in [3.8, 4) is 16.9 Å². The van der Waals surface area contributed by atoms with Crippen LogP contribution in [0.15, 0.2) is 54.6 Å². The molecule has 0 amide bonds. The van der Waals surface area contributed by atoms with Crippen LogP contribution in [0.4, 0.5) is 0 Å². The second-order valence-corrected chi connectivity index (χ2v) is 6.21. The Morgan fingerprint density at radius 1 is 1.00 bits per heavy atom. The van der Waals surface area contributed by atoms with Gasteiger partial charge in [-0.3, -0.25) is 0 Å². The molecule has 0 spiro atoms. The summed E-state index contributed by atoms with van der Waals surface area (Å²) in [5.41, 5.74) is 3.23. The summed E-state index contributed by atoms with van der Waals surface area (Å²) >= 11 is 0. The normalized spacial score (nSPS) is 12.1. The van der Waals surface area contributed by atoms with E-state index in [1.54, 1.807) is 12.1 Å². The van der Waals surface area contributed by atoms with E-state index < -0.39 is 12.1 Å². The molecule has 0 saturated heterocycles. The zero-order valence-electron chi connectivity index (χ0n) is 14.3. The molecule has 0 saturated carbocycles. The highest BCUT2D eigenvalue weighted by molar-refractivity contribution is 5.95. The number of ether oxygens (including phenoxy) is 1. The van der Waals surface area contributed by atoms with Crippen molar-refractivity contribution in [2.75, 3.05) is 13.2 Å². The van der Waals surface area contributed by atoms with Crippen LogP contribution in [0.2, 0.25) is 0 Å². The lowest BCUT2D eigenvalue weighted by Crippen LogP contribution is -2.21. The van der Waals surface area contributed by atoms with Crippen LogP contribution in [-0.2, 0) is 0 Å². The zero-order valence-corrected chi connectivity index (χ0v) is 14.3. The fraction of sp³-hybridized carbons (Fsp3) is 0.190. The molecule has 0 aliphatic heterocycles. The average molecular weight is 352 g/mol. The van der Waals surface area contributed by atoms with E-state index in [1.807, 2.05) is 49.4 Å². The van der Waals surface area contributed by atoms with Gasteiger partial charge in [-0.2, -0.15) is 0 Å². The van der Waals surface area contributed by atoms with Gasteiger partial charge >= 0.3 is 5.97 Å². The van der Waals surface area contributed by atoms with E-state index in [-0.39, 0.29) is 18.8 Å². The highest BCUT2D eigenvalue weighted by Gasteiger charge is 2.08. The van der Waals surface area contributed by atoms with E-state index in [9.17, 15) is 9.90 Å². The van der Waals surface area contributed by atoms with Crippen LogP contribution in [0.1, 0.15) is 15.9 Å². The third-order valence-electron chi connectivity index (χ3n) is 4.24. The van der Waals surface area contributed by atoms with Crippen molar-refractivity contribution in [3.63, 3.8) is 0 Å². The van der Waals surface area contributed by atoms with E-state index in [1.165, 1.54) is 0 Å². The molecule has 0 aromatic heterocycles. The summed E-state index contributed by atoms with van der Waals surface area (Å²) in [5, 5.41) is 29.2. The number of aryl methyl sites for hydroxylation is 1. The Labute approximate surface area is 151 Å². The molecule has 5 nitrogen and oxygen atoms in total. The lowest BCUT2D eigenvalue weighted by Gasteiger charge is -2.13. The fourth-order valence-electron chi connectivity index (χ4n) is 2.79. The van der Waals surface area contributed by atoms with Gasteiger partial charge in [0, 0.05) is 0 Å². The Kier molecular flexibility index (Phi) is 5.21. The number of hydrogen-bond acceptors (Lipinski definition) is 4. The monoisotopic (exact) mass is 352 g/mol. The first-order valence-corrected chi connectivity index (χ1v) is 8.28. The summed E-state index contributed by atoms with van der Waals surface area (Å²) in [6.07, 6.45) is -0.898. The predicted octanol–water partition coefficient (Wildman–Crippen LogP) is 3.25. The van der Waals surface area contributed by atoms with Crippen LogP contribution in [0, 0.1) is 6.92 Å². The first-order valence-electron chi connectivity index (χ1n) is 8.28. The molecular formula is C21H20O5. The second-order valence-electron chi connectivity index (χ2n) is 6.21. The molecule has 3 aromatic carbocycles. The van der Waals surface area contributed by atoms with Crippen molar-refractivity contribution in [1.82, 2.24) is 0 Å². The molecule has 0 aliphatic rings. The molecule has 0 aliphatic carbocycles. The van der Waals surface area contributed by atoms with Crippen LogP contribution in [-0.4, -0.2) is 40.6 Å². The van der Waals surface area contributed by atoms with Gasteiger partial charge in [-0.05, 0) is 64.7 Å². The molecule has 5 heteroatoms. The number of carboxylic acids is 1. The predicted molar refractivity (Wildman–Crippen MR) is 99.7 cm³/mol. The van der Waals surface area contributed by atoms with E-state index in [0.717, 1.165) is 27.5 Å². The van der Waals surface area contributed by atoms with Gasteiger partial charge in [-0.25, -0.2) is 4.79 Å². The topological polar surface area (TPSA) is 87.0 Å². The third kappa shape index (κ3) is 3.85. The summed E-state index contributed by atoms with van der Waals surface area (Å²) in [5.74, 6) is -0.276. The summed E-state index contributed by atoms with van der Waals surface area (Å²) in [6, 6.07) is 16.7. The third-order valence-corrected chi connectivity index (χ3v) is 4.24. The van der Waals surface area contributed by atoms with Gasteiger partial charge in [0.1, 0.15) is 18.5 Å². The number of fused-ring (bicyclic) bond motifs is 1. The maximum Gasteiger partial charge on any atom is 0.335 e. The maximum atomic E-state index is 11.1. The maximum absolute atomic E-state index is 11.1. The van der Waals surface area contributed by atoms with Crippen LogP contribution in [0.3, 0.4) is 0 Å². The molecule has 26 heavy (non-hydrogen) atoms. The van der Waals surface area contributed by atoms with E-state index in [2.05, 4.69) is 0 Å². The van der Waals surface area contributed by atoms with E-state index in [4.69, 9.17) is 14.9 Å². The van der Waals surface area contributed by atoms with Crippen LogP contribution in [0.25, 0.3) is 21.9 Å². The van der Waals surface area contributed by atoms with Gasteiger partial charge in [-0.15, -0.1) is 0 Å². The molecule has 3 N–H and O–H groups in total. The molecule has 1 unspecified atom stereocenters. The standard InChI is InChI=1S/C21H20O5/c1-13-8-14(6-7-20(13)26-12-19(23)11-22)15-2-3-17-10-18(21(24)25)5-4-16(17)9-15/h2-10,19,22-23H,11-12H2,1H3,(H,24,25). The number of rotatable bonds is 6. The Morgan fingerprint density at radius 3 is 2.35 bits per heavy atom. The molecule has 3 aromatic rings. The van der Waals surface area contributed by atoms with Crippen molar-refractivity contribution >= 4 is 16.7 Å². The minimum absolute atomic E-state index is 0.0402. The van der Waals surface area contributed by atoms with Crippen molar-refractivity contribution < 1.29 is 24.9 Å². The lowest BCUT2D eigenvalue weighted by molar-refractivity contribution is 0.0534. The number of hydrogen-bond donors (Lipinski definition) is 3. The number of aliphatic hydroxyl groups excluding tert-OH is 2. The number of aromatic carboxylic acids is 1. The summed E-state index contributed by atoms with van der Waals surface area (Å²) < 4.78 is 5.52. The molecule has 0 fully saturated rings.